The van der Waals surface area contributed by atoms with Gasteiger partial charge in [0.2, 0.25) is 0 Å². The first kappa shape index (κ1) is 14.7. The van der Waals surface area contributed by atoms with E-state index in [0.717, 1.165) is 22.9 Å². The molecule has 0 aromatic rings. The highest BCUT2D eigenvalue weighted by atomic mass is 28.3. The van der Waals surface area contributed by atoms with Gasteiger partial charge in [-0.05, 0) is 61.4 Å². The van der Waals surface area contributed by atoms with Crippen LogP contribution in [0.4, 0.5) is 0 Å². The Bertz CT molecular complexity index is 374. The van der Waals surface area contributed by atoms with Gasteiger partial charge in [-0.2, -0.15) is 0 Å². The summed E-state index contributed by atoms with van der Waals surface area (Å²) in [4.78, 5) is 0. The molecule has 2 nitrogen and oxygen atoms in total. The molecular weight excluding hydrogens is 276 g/mol. The highest BCUT2D eigenvalue weighted by Crippen LogP contribution is 2.53. The Kier molecular flexibility index (Phi) is 3.55. The minimum absolute atomic E-state index is 0.640. The molecule has 4 aliphatic rings. The molecule has 120 valence electrons. The van der Waals surface area contributed by atoms with Gasteiger partial charge in [0.25, 0.3) is 0 Å². The second-order valence-electron chi connectivity index (χ2n) is 8.97. The predicted molar refractivity (Wildman–Crippen MR) is 88.3 cm³/mol. The van der Waals surface area contributed by atoms with Gasteiger partial charge in [-0.1, -0.05) is 26.9 Å². The van der Waals surface area contributed by atoms with Crippen LogP contribution in [-0.4, -0.2) is 32.5 Å². The SMILES string of the molecule is CC(C1CCC2OC2C1)[Si](C)(C)C(C)C1CCC2OC2C1. The van der Waals surface area contributed by atoms with Crippen LogP contribution in [0.15, 0.2) is 0 Å². The number of epoxide rings is 2. The maximum absolute atomic E-state index is 5.77. The van der Waals surface area contributed by atoms with Crippen molar-refractivity contribution in [1.82, 2.24) is 0 Å². The lowest BCUT2D eigenvalue weighted by Gasteiger charge is -2.44. The van der Waals surface area contributed by atoms with E-state index in [2.05, 4.69) is 26.9 Å². The van der Waals surface area contributed by atoms with Crippen molar-refractivity contribution < 1.29 is 9.47 Å². The van der Waals surface area contributed by atoms with E-state index in [4.69, 9.17) is 9.47 Å². The van der Waals surface area contributed by atoms with Crippen LogP contribution in [0.5, 0.6) is 0 Å². The summed E-state index contributed by atoms with van der Waals surface area (Å²) in [7, 11) is -1.22. The lowest BCUT2D eigenvalue weighted by atomic mass is 9.86. The molecule has 2 saturated heterocycles. The van der Waals surface area contributed by atoms with Crippen LogP contribution >= 0.6 is 0 Å². The highest BCUT2D eigenvalue weighted by molar-refractivity contribution is 6.80. The van der Waals surface area contributed by atoms with Gasteiger partial charge in [-0.25, -0.2) is 0 Å². The van der Waals surface area contributed by atoms with E-state index in [1.807, 2.05) is 0 Å². The van der Waals surface area contributed by atoms with Crippen LogP contribution in [0.2, 0.25) is 24.2 Å². The Morgan fingerprint density at radius 2 is 1.14 bits per heavy atom. The van der Waals surface area contributed by atoms with Crippen LogP contribution in [-0.2, 0) is 9.47 Å². The third kappa shape index (κ3) is 2.64. The van der Waals surface area contributed by atoms with Gasteiger partial charge in [0.15, 0.2) is 0 Å². The van der Waals surface area contributed by atoms with E-state index in [1.54, 1.807) is 0 Å². The van der Waals surface area contributed by atoms with Gasteiger partial charge in [0.05, 0.1) is 32.5 Å². The van der Waals surface area contributed by atoms with Crippen molar-refractivity contribution in [2.45, 2.75) is 101 Å². The number of fused-ring (bicyclic) bond motifs is 2. The minimum atomic E-state index is -1.22. The molecule has 0 radical (unpaired) electrons. The molecule has 8 unspecified atom stereocenters. The Hall–Kier alpha value is 0.137. The molecule has 2 saturated carbocycles. The number of ether oxygens (including phenoxy) is 2. The van der Waals surface area contributed by atoms with E-state index < -0.39 is 8.07 Å². The van der Waals surface area contributed by atoms with E-state index in [-0.39, 0.29) is 0 Å². The van der Waals surface area contributed by atoms with Crippen molar-refractivity contribution in [1.29, 1.82) is 0 Å². The average Bonchev–Trinajstić information content (AvgIpc) is 3.36. The average molecular weight is 309 g/mol. The van der Waals surface area contributed by atoms with Crippen molar-refractivity contribution in [3.05, 3.63) is 0 Å². The van der Waals surface area contributed by atoms with Crippen LogP contribution in [0.25, 0.3) is 0 Å². The van der Waals surface area contributed by atoms with E-state index in [0.29, 0.717) is 24.4 Å². The summed E-state index contributed by atoms with van der Waals surface area (Å²) in [6.07, 6.45) is 10.8. The summed E-state index contributed by atoms with van der Waals surface area (Å²) in [6, 6.07) is 0. The molecule has 21 heavy (non-hydrogen) atoms. The second-order valence-corrected chi connectivity index (χ2v) is 14.4. The smallest absolute Gasteiger partial charge is 0.0844 e. The number of hydrogen-bond donors (Lipinski definition) is 0. The zero-order valence-electron chi connectivity index (χ0n) is 14.2. The molecule has 0 amide bonds. The number of rotatable bonds is 4. The summed E-state index contributed by atoms with van der Waals surface area (Å²) in [6.45, 7) is 10.5. The lowest BCUT2D eigenvalue weighted by Crippen LogP contribution is -2.43. The van der Waals surface area contributed by atoms with Gasteiger partial charge in [-0.3, -0.25) is 0 Å². The molecule has 8 atom stereocenters. The summed E-state index contributed by atoms with van der Waals surface area (Å²) < 4.78 is 11.5. The Morgan fingerprint density at radius 3 is 1.52 bits per heavy atom. The summed E-state index contributed by atoms with van der Waals surface area (Å²) >= 11 is 0. The molecule has 0 aromatic carbocycles. The van der Waals surface area contributed by atoms with E-state index in [1.165, 1.54) is 38.5 Å². The third-order valence-electron chi connectivity index (χ3n) is 7.85. The van der Waals surface area contributed by atoms with Gasteiger partial charge < -0.3 is 9.47 Å². The van der Waals surface area contributed by atoms with Crippen molar-refractivity contribution >= 4 is 8.07 Å². The van der Waals surface area contributed by atoms with Crippen molar-refractivity contribution in [3.63, 3.8) is 0 Å². The largest absolute Gasteiger partial charge is 0.370 e. The monoisotopic (exact) mass is 308 g/mol. The summed E-state index contributed by atoms with van der Waals surface area (Å²) in [5.41, 5.74) is 1.88. The molecule has 0 spiro atoms. The van der Waals surface area contributed by atoms with Crippen LogP contribution in [0.1, 0.15) is 52.4 Å². The fraction of sp³-hybridized carbons (Fsp3) is 1.00. The molecule has 2 heterocycles. The topological polar surface area (TPSA) is 25.1 Å². The van der Waals surface area contributed by atoms with Crippen molar-refractivity contribution in [3.8, 4) is 0 Å². The standard InChI is InChI=1S/C18H32O2Si/c1-11(13-5-7-15-17(9-13)19-15)21(3,4)12(2)14-6-8-16-18(10-14)20-16/h11-18H,5-10H2,1-4H3. The summed E-state index contributed by atoms with van der Waals surface area (Å²) in [5.74, 6) is 1.87. The Morgan fingerprint density at radius 1 is 0.714 bits per heavy atom. The zero-order valence-corrected chi connectivity index (χ0v) is 15.2. The lowest BCUT2D eigenvalue weighted by molar-refractivity contribution is 0.339. The first-order chi connectivity index (χ1) is 9.96. The molecule has 0 aromatic heterocycles. The molecule has 4 fully saturated rings. The molecule has 3 heteroatoms. The molecular formula is C18H32O2Si. The first-order valence-electron chi connectivity index (χ1n) is 9.27. The normalized spacial score (nSPS) is 48.0. The number of hydrogen-bond acceptors (Lipinski definition) is 2. The predicted octanol–water partition coefficient (Wildman–Crippen LogP) is 4.61. The van der Waals surface area contributed by atoms with Gasteiger partial charge in [0, 0.05) is 0 Å². The third-order valence-corrected chi connectivity index (χ3v) is 13.5. The molecule has 2 aliphatic carbocycles. The molecule has 2 aliphatic heterocycles. The second kappa shape index (κ2) is 5.07. The van der Waals surface area contributed by atoms with Crippen LogP contribution < -0.4 is 0 Å². The highest BCUT2D eigenvalue weighted by Gasteiger charge is 2.51. The molecule has 0 bridgehead atoms. The maximum atomic E-state index is 5.77. The Balaban J connectivity index is 1.40. The van der Waals surface area contributed by atoms with Crippen LogP contribution in [0, 0.1) is 11.8 Å². The van der Waals surface area contributed by atoms with E-state index in [9.17, 15) is 0 Å². The first-order valence-corrected chi connectivity index (χ1v) is 12.4. The fourth-order valence-corrected chi connectivity index (χ4v) is 9.27. The quantitative estimate of drug-likeness (QED) is 0.559. The molecule has 4 rings (SSSR count). The summed E-state index contributed by atoms with van der Waals surface area (Å²) in [5, 5.41) is 0. The van der Waals surface area contributed by atoms with Crippen molar-refractivity contribution in [2.75, 3.05) is 0 Å². The van der Waals surface area contributed by atoms with E-state index >= 15 is 0 Å². The van der Waals surface area contributed by atoms with Gasteiger partial charge in [-0.15, -0.1) is 0 Å². The Labute approximate surface area is 131 Å². The minimum Gasteiger partial charge on any atom is -0.370 e. The van der Waals surface area contributed by atoms with Crippen LogP contribution in [0.3, 0.4) is 0 Å². The van der Waals surface area contributed by atoms with Gasteiger partial charge in [0.1, 0.15) is 0 Å². The molecule has 0 N–H and O–H groups in total. The van der Waals surface area contributed by atoms with Gasteiger partial charge >= 0.3 is 0 Å². The van der Waals surface area contributed by atoms with Crippen molar-refractivity contribution in [2.24, 2.45) is 11.8 Å². The maximum Gasteiger partial charge on any atom is 0.0844 e. The fourth-order valence-electron chi connectivity index (χ4n) is 5.41. The zero-order chi connectivity index (χ0) is 14.8.